The Morgan fingerprint density at radius 3 is 2.31 bits per heavy atom. The van der Waals surface area contributed by atoms with E-state index in [0.717, 1.165) is 0 Å². The molecule has 1 aromatic rings. The summed E-state index contributed by atoms with van der Waals surface area (Å²) in [6.45, 7) is 1.25. The maximum atomic E-state index is 10.1. The first-order chi connectivity index (χ1) is 12.3. The van der Waals surface area contributed by atoms with Crippen molar-refractivity contribution in [2.75, 3.05) is 13.7 Å². The smallest absolute Gasteiger partial charge is 0.187 e. The average Bonchev–Trinajstić information content (AvgIpc) is 2.64. The van der Waals surface area contributed by atoms with E-state index in [1.54, 1.807) is 13.0 Å². The molecule has 1 heterocycles. The lowest BCUT2D eigenvalue weighted by atomic mass is 9.98. The number of aliphatic hydroxyl groups excluding tert-OH is 4. The SMILES string of the molecule is CC[C@@H](O[C@@H]1O[C@H](CO)[C@H](O)[C@H](O)[C@H]1O)[C@@H](OC)c1ccc(O)c(O)c1. The Bertz CT molecular complexity index is 579. The molecule has 26 heavy (non-hydrogen) atoms. The summed E-state index contributed by atoms with van der Waals surface area (Å²) in [5.74, 6) is -0.584. The fourth-order valence-electron chi connectivity index (χ4n) is 2.95. The van der Waals surface area contributed by atoms with Crippen LogP contribution in [0.5, 0.6) is 11.5 Å². The molecular formula is C17H26O9. The van der Waals surface area contributed by atoms with Crippen LogP contribution < -0.4 is 0 Å². The number of hydrogen-bond donors (Lipinski definition) is 6. The summed E-state index contributed by atoms with van der Waals surface area (Å²) in [6, 6.07) is 4.21. The second-order valence-corrected chi connectivity index (χ2v) is 6.18. The predicted molar refractivity (Wildman–Crippen MR) is 88.5 cm³/mol. The zero-order valence-electron chi connectivity index (χ0n) is 14.6. The average molecular weight is 374 g/mol. The van der Waals surface area contributed by atoms with E-state index in [0.29, 0.717) is 12.0 Å². The van der Waals surface area contributed by atoms with Crippen molar-refractivity contribution in [1.82, 2.24) is 0 Å². The normalized spacial score (nSPS) is 31.5. The zero-order chi connectivity index (χ0) is 19.4. The van der Waals surface area contributed by atoms with Gasteiger partial charge in [0.25, 0.3) is 0 Å². The Labute approximate surface area is 151 Å². The molecule has 0 unspecified atom stereocenters. The molecular weight excluding hydrogens is 348 g/mol. The minimum atomic E-state index is -1.54. The zero-order valence-corrected chi connectivity index (χ0v) is 14.6. The molecule has 0 bridgehead atoms. The minimum Gasteiger partial charge on any atom is -0.504 e. The van der Waals surface area contributed by atoms with Gasteiger partial charge in [-0.1, -0.05) is 13.0 Å². The van der Waals surface area contributed by atoms with Gasteiger partial charge in [0.1, 0.15) is 30.5 Å². The van der Waals surface area contributed by atoms with Gasteiger partial charge in [0.05, 0.1) is 12.7 Å². The topological polar surface area (TPSA) is 149 Å². The van der Waals surface area contributed by atoms with Crippen LogP contribution in [-0.2, 0) is 14.2 Å². The number of methoxy groups -OCH3 is 1. The summed E-state index contributed by atoms with van der Waals surface area (Å²) in [6.07, 6.45) is -7.79. The molecule has 1 fully saturated rings. The summed E-state index contributed by atoms with van der Waals surface area (Å²) < 4.78 is 16.6. The van der Waals surface area contributed by atoms with Crippen molar-refractivity contribution in [3.8, 4) is 11.5 Å². The third kappa shape index (κ3) is 4.26. The van der Waals surface area contributed by atoms with Crippen molar-refractivity contribution in [2.24, 2.45) is 0 Å². The Hall–Kier alpha value is -1.46. The molecule has 1 saturated heterocycles. The summed E-state index contributed by atoms with van der Waals surface area (Å²) in [5.41, 5.74) is 0.527. The first-order valence-electron chi connectivity index (χ1n) is 8.34. The van der Waals surface area contributed by atoms with Crippen molar-refractivity contribution >= 4 is 0 Å². The Morgan fingerprint density at radius 1 is 1.08 bits per heavy atom. The molecule has 0 aliphatic carbocycles. The fourth-order valence-corrected chi connectivity index (χ4v) is 2.95. The predicted octanol–water partition coefficient (Wildman–Crippen LogP) is -0.620. The number of ether oxygens (including phenoxy) is 3. The largest absolute Gasteiger partial charge is 0.504 e. The van der Waals surface area contributed by atoms with Gasteiger partial charge in [-0.3, -0.25) is 0 Å². The van der Waals surface area contributed by atoms with E-state index in [1.165, 1.54) is 19.2 Å². The molecule has 0 spiro atoms. The number of aromatic hydroxyl groups is 2. The van der Waals surface area contributed by atoms with Gasteiger partial charge >= 0.3 is 0 Å². The molecule has 6 N–H and O–H groups in total. The number of rotatable bonds is 7. The second kappa shape index (κ2) is 8.96. The van der Waals surface area contributed by atoms with Crippen LogP contribution in [0.2, 0.25) is 0 Å². The van der Waals surface area contributed by atoms with Crippen molar-refractivity contribution < 1.29 is 44.8 Å². The van der Waals surface area contributed by atoms with Crippen LogP contribution in [0, 0.1) is 0 Å². The molecule has 7 atom stereocenters. The molecule has 0 saturated carbocycles. The van der Waals surface area contributed by atoms with E-state index in [-0.39, 0.29) is 11.5 Å². The van der Waals surface area contributed by atoms with Crippen molar-refractivity contribution in [1.29, 1.82) is 0 Å². The molecule has 0 amide bonds. The second-order valence-electron chi connectivity index (χ2n) is 6.18. The van der Waals surface area contributed by atoms with E-state index in [2.05, 4.69) is 0 Å². The van der Waals surface area contributed by atoms with Crippen molar-refractivity contribution in [3.63, 3.8) is 0 Å². The number of benzene rings is 1. The number of phenolic OH excluding ortho intramolecular Hbond substituents is 2. The first-order valence-corrected chi connectivity index (χ1v) is 8.34. The van der Waals surface area contributed by atoms with Crippen LogP contribution in [0.25, 0.3) is 0 Å². The lowest BCUT2D eigenvalue weighted by molar-refractivity contribution is -0.318. The highest BCUT2D eigenvalue weighted by Gasteiger charge is 2.45. The van der Waals surface area contributed by atoms with Crippen LogP contribution >= 0.6 is 0 Å². The van der Waals surface area contributed by atoms with Gasteiger partial charge in [-0.25, -0.2) is 0 Å². The van der Waals surface area contributed by atoms with Gasteiger partial charge in [-0.15, -0.1) is 0 Å². The maximum Gasteiger partial charge on any atom is 0.187 e. The summed E-state index contributed by atoms with van der Waals surface area (Å²) in [5, 5.41) is 58.2. The van der Waals surface area contributed by atoms with E-state index in [4.69, 9.17) is 14.2 Å². The summed E-state index contributed by atoms with van der Waals surface area (Å²) in [4.78, 5) is 0. The Morgan fingerprint density at radius 2 is 1.77 bits per heavy atom. The van der Waals surface area contributed by atoms with Crippen LogP contribution in [0.15, 0.2) is 18.2 Å². The van der Waals surface area contributed by atoms with E-state index in [1.807, 2.05) is 0 Å². The number of phenols is 2. The molecule has 0 aromatic heterocycles. The Balaban J connectivity index is 2.19. The lowest BCUT2D eigenvalue weighted by Crippen LogP contribution is -2.59. The van der Waals surface area contributed by atoms with Crippen LogP contribution in [-0.4, -0.2) is 81.2 Å². The van der Waals surface area contributed by atoms with E-state index in [9.17, 15) is 30.6 Å². The summed E-state index contributed by atoms with van der Waals surface area (Å²) in [7, 11) is 1.44. The van der Waals surface area contributed by atoms with Gasteiger partial charge in [0.2, 0.25) is 0 Å². The molecule has 1 aliphatic rings. The quantitative estimate of drug-likeness (QED) is 0.343. The van der Waals surface area contributed by atoms with Gasteiger partial charge in [-0.2, -0.15) is 0 Å². The molecule has 9 heteroatoms. The van der Waals surface area contributed by atoms with Crippen LogP contribution in [0.1, 0.15) is 25.0 Å². The highest BCUT2D eigenvalue weighted by molar-refractivity contribution is 5.41. The number of aliphatic hydroxyl groups is 4. The van der Waals surface area contributed by atoms with Crippen molar-refractivity contribution in [2.45, 2.75) is 56.3 Å². The Kier molecular flexibility index (Phi) is 7.18. The third-order valence-corrected chi connectivity index (χ3v) is 4.48. The monoisotopic (exact) mass is 374 g/mol. The molecule has 148 valence electrons. The van der Waals surface area contributed by atoms with Crippen molar-refractivity contribution in [3.05, 3.63) is 23.8 Å². The molecule has 0 radical (unpaired) electrons. The maximum absolute atomic E-state index is 10.1. The van der Waals surface area contributed by atoms with E-state index >= 15 is 0 Å². The van der Waals surface area contributed by atoms with Gasteiger partial charge < -0.3 is 44.8 Å². The summed E-state index contributed by atoms with van der Waals surface area (Å²) >= 11 is 0. The molecule has 2 rings (SSSR count). The minimum absolute atomic E-state index is 0.272. The lowest BCUT2D eigenvalue weighted by Gasteiger charge is -2.41. The molecule has 9 nitrogen and oxygen atoms in total. The highest BCUT2D eigenvalue weighted by atomic mass is 16.7. The fraction of sp³-hybridized carbons (Fsp3) is 0.647. The standard InChI is InChI=1S/C17H26O9/c1-3-11(16(24-2)8-4-5-9(19)10(20)6-8)25-17-15(23)14(22)13(21)12(7-18)26-17/h4-6,11-23H,3,7H2,1-2H3/t11-,12-,13+,14+,15-,16+,17-/m1/s1. The first kappa shape index (κ1) is 20.8. The van der Waals surface area contributed by atoms with Gasteiger partial charge in [0.15, 0.2) is 17.8 Å². The molecule has 1 aromatic carbocycles. The molecule has 1 aliphatic heterocycles. The van der Waals surface area contributed by atoms with Gasteiger partial charge in [-0.05, 0) is 24.1 Å². The number of hydrogen-bond acceptors (Lipinski definition) is 9. The van der Waals surface area contributed by atoms with Crippen LogP contribution in [0.3, 0.4) is 0 Å². The van der Waals surface area contributed by atoms with Crippen LogP contribution in [0.4, 0.5) is 0 Å². The van der Waals surface area contributed by atoms with Gasteiger partial charge in [0, 0.05) is 7.11 Å². The third-order valence-electron chi connectivity index (χ3n) is 4.48. The highest BCUT2D eigenvalue weighted by Crippen LogP contribution is 2.34. The van der Waals surface area contributed by atoms with E-state index < -0.39 is 49.5 Å².